The fraction of sp³-hybridized carbons (Fsp3) is 0.400. The van der Waals surface area contributed by atoms with Gasteiger partial charge in [-0.3, -0.25) is 0 Å². The second-order valence-corrected chi connectivity index (χ2v) is 5.46. The predicted molar refractivity (Wildman–Crippen MR) is 83.9 cm³/mol. The first kappa shape index (κ1) is 15.8. The van der Waals surface area contributed by atoms with Gasteiger partial charge in [-0.05, 0) is 18.9 Å². The Balaban J connectivity index is 2.13. The van der Waals surface area contributed by atoms with Gasteiger partial charge in [-0.15, -0.1) is 12.3 Å². The van der Waals surface area contributed by atoms with Gasteiger partial charge in [0, 0.05) is 18.5 Å². The zero-order valence-corrected chi connectivity index (χ0v) is 12.9. The molecular formula is C15H16Cl2N2O2. The molecule has 0 bridgehead atoms. The maximum Gasteiger partial charge on any atom is 0.315 e. The summed E-state index contributed by atoms with van der Waals surface area (Å²) in [5.74, 6) is 3.02. The van der Waals surface area contributed by atoms with Gasteiger partial charge in [0.05, 0.1) is 17.7 Å². The number of amides is 2. The van der Waals surface area contributed by atoms with E-state index in [1.54, 1.807) is 6.07 Å². The number of hydrogen-bond donors (Lipinski definition) is 2. The van der Waals surface area contributed by atoms with Gasteiger partial charge >= 0.3 is 6.03 Å². The Kier molecular flexibility index (Phi) is 5.60. The van der Waals surface area contributed by atoms with Gasteiger partial charge in [-0.25, -0.2) is 4.79 Å². The minimum Gasteiger partial charge on any atom is -0.492 e. The Morgan fingerprint density at radius 2 is 2.29 bits per heavy atom. The van der Waals surface area contributed by atoms with Crippen molar-refractivity contribution in [3.05, 3.63) is 27.7 Å². The molecule has 6 heteroatoms. The average Bonchev–Trinajstić information content (AvgIpc) is 2.66. The number of nitrogens with one attached hydrogen (secondary N) is 2. The monoisotopic (exact) mass is 326 g/mol. The van der Waals surface area contributed by atoms with Gasteiger partial charge in [0.1, 0.15) is 10.8 Å². The molecule has 2 amide bonds. The molecule has 1 aromatic rings. The van der Waals surface area contributed by atoms with Gasteiger partial charge in [0.15, 0.2) is 0 Å². The first-order valence-electron chi connectivity index (χ1n) is 6.72. The summed E-state index contributed by atoms with van der Waals surface area (Å²) in [4.78, 5) is 11.9. The zero-order valence-electron chi connectivity index (χ0n) is 11.4. The Labute approximate surface area is 134 Å². The second kappa shape index (κ2) is 7.44. The first-order chi connectivity index (χ1) is 10.1. The van der Waals surface area contributed by atoms with Crippen molar-refractivity contribution in [1.82, 2.24) is 10.6 Å². The van der Waals surface area contributed by atoms with Gasteiger partial charge in [0.2, 0.25) is 0 Å². The maximum absolute atomic E-state index is 11.9. The van der Waals surface area contributed by atoms with Gasteiger partial charge in [0.25, 0.3) is 0 Å². The minimum atomic E-state index is -0.255. The van der Waals surface area contributed by atoms with Crippen LogP contribution in [0.2, 0.25) is 10.0 Å². The fourth-order valence-corrected chi connectivity index (χ4v) is 2.57. The van der Waals surface area contributed by atoms with Crippen molar-refractivity contribution in [2.45, 2.75) is 25.3 Å². The van der Waals surface area contributed by atoms with E-state index in [0.29, 0.717) is 35.4 Å². The molecule has 1 heterocycles. The van der Waals surface area contributed by atoms with Crippen LogP contribution in [0.3, 0.4) is 0 Å². The third-order valence-electron chi connectivity index (χ3n) is 3.20. The lowest BCUT2D eigenvalue weighted by molar-refractivity contribution is 0.236. The molecule has 0 fully saturated rings. The molecule has 0 unspecified atom stereocenters. The van der Waals surface area contributed by atoms with E-state index in [-0.39, 0.29) is 12.1 Å². The highest BCUT2D eigenvalue weighted by Crippen LogP contribution is 2.40. The van der Waals surface area contributed by atoms with E-state index in [1.165, 1.54) is 0 Å². The van der Waals surface area contributed by atoms with Crippen LogP contribution in [-0.4, -0.2) is 19.2 Å². The quantitative estimate of drug-likeness (QED) is 0.659. The third kappa shape index (κ3) is 3.96. The SMILES string of the molecule is C#CCCNC(=O)N[C@H]1CCCOc2c1ccc(Cl)c2Cl. The number of ether oxygens (including phenoxy) is 1. The lowest BCUT2D eigenvalue weighted by Crippen LogP contribution is -2.38. The van der Waals surface area contributed by atoms with Crippen molar-refractivity contribution in [1.29, 1.82) is 0 Å². The fourth-order valence-electron chi connectivity index (χ4n) is 2.19. The highest BCUT2D eigenvalue weighted by atomic mass is 35.5. The summed E-state index contributed by atoms with van der Waals surface area (Å²) in [7, 11) is 0. The molecular weight excluding hydrogens is 311 g/mol. The van der Waals surface area contributed by atoms with E-state index in [1.807, 2.05) is 6.07 Å². The summed E-state index contributed by atoms with van der Waals surface area (Å²) in [5.41, 5.74) is 0.842. The van der Waals surface area contributed by atoms with Gasteiger partial charge in [-0.2, -0.15) is 0 Å². The molecule has 2 rings (SSSR count). The molecule has 4 nitrogen and oxygen atoms in total. The maximum atomic E-state index is 11.9. The molecule has 1 aromatic carbocycles. The van der Waals surface area contributed by atoms with Crippen LogP contribution in [0.15, 0.2) is 12.1 Å². The van der Waals surface area contributed by atoms with Crippen molar-refractivity contribution in [2.75, 3.05) is 13.2 Å². The van der Waals surface area contributed by atoms with Crippen LogP contribution in [-0.2, 0) is 0 Å². The third-order valence-corrected chi connectivity index (χ3v) is 3.99. The average molecular weight is 327 g/mol. The van der Waals surface area contributed by atoms with Crippen LogP contribution in [0.4, 0.5) is 4.79 Å². The van der Waals surface area contributed by atoms with E-state index in [2.05, 4.69) is 16.6 Å². The largest absolute Gasteiger partial charge is 0.492 e. The number of terminal acetylenes is 1. The number of halogens is 2. The highest BCUT2D eigenvalue weighted by Gasteiger charge is 2.24. The topological polar surface area (TPSA) is 50.4 Å². The number of hydrogen-bond acceptors (Lipinski definition) is 2. The molecule has 1 aliphatic rings. The van der Waals surface area contributed by atoms with Crippen LogP contribution in [0, 0.1) is 12.3 Å². The molecule has 21 heavy (non-hydrogen) atoms. The van der Waals surface area contributed by atoms with E-state index in [9.17, 15) is 4.79 Å². The summed E-state index contributed by atoms with van der Waals surface area (Å²) in [5, 5.41) is 6.46. The number of carbonyl (C=O) groups is 1. The van der Waals surface area contributed by atoms with Crippen molar-refractivity contribution < 1.29 is 9.53 Å². The Hall–Kier alpha value is -1.57. The number of carbonyl (C=O) groups excluding carboxylic acids is 1. The van der Waals surface area contributed by atoms with E-state index >= 15 is 0 Å². The molecule has 0 saturated heterocycles. The minimum absolute atomic E-state index is 0.164. The lowest BCUT2D eigenvalue weighted by atomic mass is 10.0. The van der Waals surface area contributed by atoms with Crippen LogP contribution in [0.25, 0.3) is 0 Å². The van der Waals surface area contributed by atoms with Gasteiger partial charge in [-0.1, -0.05) is 29.3 Å². The molecule has 0 spiro atoms. The zero-order chi connectivity index (χ0) is 15.2. The standard InChI is InChI=1S/C15H16Cl2N2O2/c1-2-3-8-18-15(20)19-12-5-4-9-21-14-10(12)6-7-11(16)13(14)17/h1,6-7,12H,3-5,8-9H2,(H2,18,19,20)/t12-/m0/s1. The molecule has 0 saturated carbocycles. The summed E-state index contributed by atoms with van der Waals surface area (Å²) in [6.45, 7) is 0.990. The number of urea groups is 1. The number of benzene rings is 1. The smallest absolute Gasteiger partial charge is 0.315 e. The number of rotatable bonds is 3. The Morgan fingerprint density at radius 3 is 3.05 bits per heavy atom. The Morgan fingerprint density at radius 1 is 1.48 bits per heavy atom. The van der Waals surface area contributed by atoms with E-state index in [4.69, 9.17) is 34.4 Å². The van der Waals surface area contributed by atoms with Crippen molar-refractivity contribution in [2.24, 2.45) is 0 Å². The van der Waals surface area contributed by atoms with Gasteiger partial charge < -0.3 is 15.4 Å². The summed E-state index contributed by atoms with van der Waals surface area (Å²) in [6, 6.07) is 3.13. The van der Waals surface area contributed by atoms with Crippen molar-refractivity contribution in [3.63, 3.8) is 0 Å². The van der Waals surface area contributed by atoms with Crippen molar-refractivity contribution in [3.8, 4) is 18.1 Å². The van der Waals surface area contributed by atoms with Crippen molar-refractivity contribution >= 4 is 29.2 Å². The molecule has 1 aliphatic heterocycles. The Bertz CT molecular complexity index is 570. The predicted octanol–water partition coefficient (Wildman–Crippen LogP) is 3.53. The van der Waals surface area contributed by atoms with Crippen LogP contribution in [0.5, 0.6) is 5.75 Å². The molecule has 2 N–H and O–H groups in total. The first-order valence-corrected chi connectivity index (χ1v) is 7.47. The molecule has 0 aromatic heterocycles. The van der Waals surface area contributed by atoms with Crippen LogP contribution >= 0.6 is 23.2 Å². The summed E-state index contributed by atoms with van der Waals surface area (Å²) < 4.78 is 5.66. The van der Waals surface area contributed by atoms with Crippen LogP contribution < -0.4 is 15.4 Å². The molecule has 0 aliphatic carbocycles. The summed E-state index contributed by atoms with van der Waals surface area (Å²) in [6.07, 6.45) is 7.24. The molecule has 0 radical (unpaired) electrons. The second-order valence-electron chi connectivity index (χ2n) is 4.68. The molecule has 112 valence electrons. The lowest BCUT2D eigenvalue weighted by Gasteiger charge is -2.19. The highest BCUT2D eigenvalue weighted by molar-refractivity contribution is 6.43. The molecule has 1 atom stereocenters. The van der Waals surface area contributed by atoms with Crippen LogP contribution in [0.1, 0.15) is 30.9 Å². The summed E-state index contributed by atoms with van der Waals surface area (Å²) >= 11 is 12.2. The number of fused-ring (bicyclic) bond motifs is 1. The van der Waals surface area contributed by atoms with E-state index < -0.39 is 0 Å². The van der Waals surface area contributed by atoms with E-state index in [0.717, 1.165) is 18.4 Å². The normalized spacial score (nSPS) is 16.9.